The number of carbonyl (C=O) groups is 2. The number of benzene rings is 1. The summed E-state index contributed by atoms with van der Waals surface area (Å²) < 4.78 is 25.1. The summed E-state index contributed by atoms with van der Waals surface area (Å²) in [5.41, 5.74) is 0.904. The monoisotopic (exact) mass is 563 g/mol. The van der Waals surface area contributed by atoms with Crippen molar-refractivity contribution in [2.45, 2.75) is 50.2 Å². The number of rotatable bonds is 6. The maximum atomic E-state index is 13.5. The molecule has 0 spiro atoms. The van der Waals surface area contributed by atoms with Gasteiger partial charge in [0.15, 0.2) is 5.01 Å². The van der Waals surface area contributed by atoms with E-state index in [4.69, 9.17) is 11.6 Å². The molecule has 2 aromatic heterocycles. The van der Waals surface area contributed by atoms with Gasteiger partial charge in [0.05, 0.1) is 23.0 Å². The van der Waals surface area contributed by atoms with E-state index in [0.717, 1.165) is 60.1 Å². The van der Waals surface area contributed by atoms with Crippen LogP contribution < -0.4 is 10.6 Å². The van der Waals surface area contributed by atoms with Crippen molar-refractivity contribution in [2.75, 3.05) is 25.6 Å². The number of sulfone groups is 1. The molecule has 0 unspecified atom stereocenters. The van der Waals surface area contributed by atoms with Gasteiger partial charge in [0, 0.05) is 46.6 Å². The Morgan fingerprint density at radius 2 is 2.08 bits per heavy atom. The number of aromatic amines is 1. The number of fused-ring (bicyclic) bond motifs is 2. The van der Waals surface area contributed by atoms with Crippen LogP contribution >= 0.6 is 22.9 Å². The molecule has 1 fully saturated rings. The maximum absolute atomic E-state index is 13.5. The molecule has 2 atom stereocenters. The summed E-state index contributed by atoms with van der Waals surface area (Å²) in [7, 11) is -1.46. The van der Waals surface area contributed by atoms with Gasteiger partial charge in [-0.3, -0.25) is 9.59 Å². The molecule has 0 saturated heterocycles. The fourth-order valence-corrected chi connectivity index (χ4v) is 8.06. The predicted molar refractivity (Wildman–Crippen MR) is 145 cm³/mol. The molecule has 9 nitrogen and oxygen atoms in total. The minimum absolute atomic E-state index is 0.271. The average Bonchev–Trinajstić information content (AvgIpc) is 3.43. The number of thiazole rings is 1. The molecule has 37 heavy (non-hydrogen) atoms. The van der Waals surface area contributed by atoms with Crippen LogP contribution in [0.15, 0.2) is 24.3 Å². The zero-order valence-electron chi connectivity index (χ0n) is 20.8. The van der Waals surface area contributed by atoms with Gasteiger partial charge in [-0.05, 0) is 44.2 Å². The molecular formula is C25H30ClN5O4S2. The summed E-state index contributed by atoms with van der Waals surface area (Å²) in [4.78, 5) is 37.6. The van der Waals surface area contributed by atoms with Gasteiger partial charge in [0.25, 0.3) is 11.8 Å². The van der Waals surface area contributed by atoms with Gasteiger partial charge in [-0.25, -0.2) is 13.4 Å². The Morgan fingerprint density at radius 3 is 2.86 bits per heavy atom. The second kappa shape index (κ2) is 10.0. The molecule has 2 amide bonds. The topological polar surface area (TPSA) is 124 Å². The van der Waals surface area contributed by atoms with Gasteiger partial charge in [0.1, 0.15) is 15.5 Å². The molecule has 2 aliphatic rings. The first-order valence-electron chi connectivity index (χ1n) is 12.3. The van der Waals surface area contributed by atoms with Crippen molar-refractivity contribution in [3.63, 3.8) is 0 Å². The zero-order chi connectivity index (χ0) is 26.4. The smallest absolute Gasteiger partial charge is 0.280 e. The quantitative estimate of drug-likeness (QED) is 0.423. The van der Waals surface area contributed by atoms with Gasteiger partial charge in [-0.2, -0.15) is 0 Å². The minimum atomic E-state index is -3.49. The van der Waals surface area contributed by atoms with Crippen molar-refractivity contribution in [3.8, 4) is 0 Å². The van der Waals surface area contributed by atoms with E-state index in [-0.39, 0.29) is 11.7 Å². The Bertz CT molecular complexity index is 1470. The normalized spacial score (nSPS) is 22.5. The number of H-pyrrole nitrogens is 1. The number of carbonyl (C=O) groups excluding carboxylic acids is 2. The first-order valence-corrected chi connectivity index (χ1v) is 15.5. The lowest BCUT2D eigenvalue weighted by Crippen LogP contribution is -2.66. The third kappa shape index (κ3) is 5.69. The van der Waals surface area contributed by atoms with Crippen LogP contribution in [0, 0.1) is 0 Å². The van der Waals surface area contributed by atoms with E-state index in [2.05, 4.69) is 25.5 Å². The van der Waals surface area contributed by atoms with E-state index < -0.39 is 27.3 Å². The number of aromatic nitrogens is 2. The van der Waals surface area contributed by atoms with Gasteiger partial charge in [-0.15, -0.1) is 11.3 Å². The Morgan fingerprint density at radius 1 is 1.27 bits per heavy atom. The van der Waals surface area contributed by atoms with Crippen LogP contribution in [0.5, 0.6) is 0 Å². The lowest BCUT2D eigenvalue weighted by molar-refractivity contribution is 0.0785. The fraction of sp³-hybridized carbons (Fsp3) is 0.480. The molecule has 5 rings (SSSR count). The summed E-state index contributed by atoms with van der Waals surface area (Å²) >= 11 is 7.43. The largest absolute Gasteiger partial charge is 0.351 e. The van der Waals surface area contributed by atoms with Crippen molar-refractivity contribution in [1.29, 1.82) is 0 Å². The fourth-order valence-electron chi connectivity index (χ4n) is 5.44. The molecule has 1 saturated carbocycles. The third-order valence-corrected chi connectivity index (χ3v) is 9.52. The van der Waals surface area contributed by atoms with Crippen molar-refractivity contribution < 1.29 is 18.0 Å². The summed E-state index contributed by atoms with van der Waals surface area (Å²) in [6.45, 7) is 1.62. The Kier molecular flexibility index (Phi) is 7.08. The van der Waals surface area contributed by atoms with Gasteiger partial charge >= 0.3 is 0 Å². The summed E-state index contributed by atoms with van der Waals surface area (Å²) in [6, 6.07) is 6.46. The molecule has 3 heterocycles. The molecule has 198 valence electrons. The van der Waals surface area contributed by atoms with Crippen LogP contribution in [0.1, 0.15) is 56.5 Å². The third-order valence-electron chi connectivity index (χ3n) is 7.16. The Hall–Kier alpha value is -2.47. The molecule has 12 heteroatoms. The van der Waals surface area contributed by atoms with Crippen LogP contribution in [0.2, 0.25) is 5.02 Å². The van der Waals surface area contributed by atoms with Crippen molar-refractivity contribution in [1.82, 2.24) is 25.5 Å². The van der Waals surface area contributed by atoms with Crippen LogP contribution in [0.25, 0.3) is 10.9 Å². The average molecular weight is 564 g/mol. The van der Waals surface area contributed by atoms with Crippen molar-refractivity contribution >= 4 is 55.5 Å². The SMILES string of the molecule is CN1CCc2nc(C(=O)N[C@]3(CS(C)(=O)=O)CCCC[C@@H]3NC(=O)c3cc4cc(Cl)ccc4[nH]3)sc2C1. The summed E-state index contributed by atoms with van der Waals surface area (Å²) in [5, 5.41) is 7.77. The van der Waals surface area contributed by atoms with E-state index in [1.165, 1.54) is 11.3 Å². The van der Waals surface area contributed by atoms with E-state index in [9.17, 15) is 18.0 Å². The standard InChI is InChI=1S/C25H30ClN5O4S2/c1-31-10-8-18-20(13-31)36-24(28-18)23(33)30-25(14-37(2,34)35)9-4-3-5-21(25)29-22(32)19-12-15-11-16(26)6-7-17(15)27-19/h6-7,11-12,21,27H,3-5,8-10,13-14H2,1-2H3,(H,29,32)(H,30,33)/t21-,25-/m0/s1. The van der Waals surface area contributed by atoms with E-state index in [1.54, 1.807) is 24.3 Å². The van der Waals surface area contributed by atoms with Gasteiger partial charge in [0.2, 0.25) is 0 Å². The second-order valence-electron chi connectivity index (χ2n) is 10.2. The number of halogens is 1. The van der Waals surface area contributed by atoms with Crippen molar-refractivity contribution in [2.24, 2.45) is 0 Å². The minimum Gasteiger partial charge on any atom is -0.351 e. The van der Waals surface area contributed by atoms with Crippen LogP contribution in [-0.4, -0.2) is 72.3 Å². The first-order chi connectivity index (χ1) is 17.5. The predicted octanol–water partition coefficient (Wildman–Crippen LogP) is 3.15. The molecule has 0 bridgehead atoms. The van der Waals surface area contributed by atoms with Crippen molar-refractivity contribution in [3.05, 3.63) is 50.6 Å². The second-order valence-corrected chi connectivity index (χ2v) is 13.9. The van der Waals surface area contributed by atoms with Crippen LogP contribution in [0.4, 0.5) is 0 Å². The lowest BCUT2D eigenvalue weighted by Gasteiger charge is -2.44. The number of nitrogens with one attached hydrogen (secondary N) is 3. The lowest BCUT2D eigenvalue weighted by atomic mass is 9.78. The number of nitrogens with zero attached hydrogens (tertiary/aromatic N) is 2. The molecular weight excluding hydrogens is 534 g/mol. The first kappa shape index (κ1) is 26.1. The number of likely N-dealkylation sites (N-methyl/N-ethyl adjacent to an activating group) is 1. The molecule has 1 aliphatic heterocycles. The van der Waals surface area contributed by atoms with Crippen LogP contribution in [0.3, 0.4) is 0 Å². The molecule has 0 radical (unpaired) electrons. The highest BCUT2D eigenvalue weighted by Gasteiger charge is 2.46. The van der Waals surface area contributed by atoms with E-state index in [1.807, 2.05) is 7.05 Å². The highest BCUT2D eigenvalue weighted by molar-refractivity contribution is 7.90. The summed E-state index contributed by atoms with van der Waals surface area (Å²) in [6.07, 6.45) is 4.48. The Labute approximate surface area is 224 Å². The maximum Gasteiger partial charge on any atom is 0.280 e. The summed E-state index contributed by atoms with van der Waals surface area (Å²) in [5.74, 6) is -1.03. The highest BCUT2D eigenvalue weighted by atomic mass is 35.5. The van der Waals surface area contributed by atoms with Gasteiger partial charge in [-0.1, -0.05) is 24.4 Å². The molecule has 1 aliphatic carbocycles. The molecule has 1 aromatic carbocycles. The van der Waals surface area contributed by atoms with Gasteiger partial charge < -0.3 is 20.5 Å². The zero-order valence-corrected chi connectivity index (χ0v) is 23.2. The highest BCUT2D eigenvalue weighted by Crippen LogP contribution is 2.32. The molecule has 3 N–H and O–H groups in total. The van der Waals surface area contributed by atoms with Crippen LogP contribution in [-0.2, 0) is 22.8 Å². The Balaban J connectivity index is 1.42. The van der Waals surface area contributed by atoms with E-state index in [0.29, 0.717) is 28.6 Å². The number of amides is 2. The molecule has 3 aromatic rings. The number of hydrogen-bond acceptors (Lipinski definition) is 7. The number of hydrogen-bond donors (Lipinski definition) is 3. The van der Waals surface area contributed by atoms with E-state index >= 15 is 0 Å².